The smallest absolute Gasteiger partial charge is 0.249 e. The highest BCUT2D eigenvalue weighted by Crippen LogP contribution is 2.34. The summed E-state index contributed by atoms with van der Waals surface area (Å²) in [5.74, 6) is -0.476. The molecule has 1 saturated carbocycles. The van der Waals surface area contributed by atoms with Gasteiger partial charge in [0.1, 0.15) is 0 Å². The average molecular weight is 339 g/mol. The molecular formula is C16H25N3O3S. The molecule has 0 spiro atoms. The molecule has 1 aromatic carbocycles. The molecule has 2 atom stereocenters. The molecule has 128 valence electrons. The Balaban J connectivity index is 2.38. The quantitative estimate of drug-likeness (QED) is 0.749. The van der Waals surface area contributed by atoms with Crippen LogP contribution in [0.5, 0.6) is 0 Å². The molecule has 0 saturated heterocycles. The molecule has 0 aliphatic heterocycles. The summed E-state index contributed by atoms with van der Waals surface area (Å²) in [7, 11) is -3.77. The fourth-order valence-electron chi connectivity index (χ4n) is 3.27. The summed E-state index contributed by atoms with van der Waals surface area (Å²) in [5.41, 5.74) is 11.5. The lowest BCUT2D eigenvalue weighted by atomic mass is 9.74. The van der Waals surface area contributed by atoms with Gasteiger partial charge in [0.15, 0.2) is 0 Å². The Bertz CT molecular complexity index is 703. The molecule has 1 amide bonds. The van der Waals surface area contributed by atoms with Crippen LogP contribution in [0.1, 0.15) is 48.5 Å². The van der Waals surface area contributed by atoms with Gasteiger partial charge in [0.2, 0.25) is 15.9 Å². The van der Waals surface area contributed by atoms with Gasteiger partial charge in [-0.05, 0) is 43.4 Å². The third-order valence-corrected chi connectivity index (χ3v) is 6.49. The van der Waals surface area contributed by atoms with Crippen LogP contribution in [-0.2, 0) is 10.0 Å². The van der Waals surface area contributed by atoms with E-state index in [4.69, 9.17) is 11.5 Å². The van der Waals surface area contributed by atoms with Gasteiger partial charge in [-0.25, -0.2) is 13.1 Å². The highest BCUT2D eigenvalue weighted by atomic mass is 32.2. The molecule has 0 aromatic heterocycles. The number of carbonyl (C=O) groups is 1. The number of nitrogens with two attached hydrogens (primary N) is 2. The number of amides is 1. The van der Waals surface area contributed by atoms with Crippen LogP contribution in [0.3, 0.4) is 0 Å². The van der Waals surface area contributed by atoms with E-state index in [0.29, 0.717) is 5.56 Å². The number of hydrogen-bond acceptors (Lipinski definition) is 4. The zero-order valence-electron chi connectivity index (χ0n) is 13.6. The largest absolute Gasteiger partial charge is 0.366 e. The molecule has 23 heavy (non-hydrogen) atoms. The van der Waals surface area contributed by atoms with Gasteiger partial charge in [-0.3, -0.25) is 4.79 Å². The van der Waals surface area contributed by atoms with Gasteiger partial charge in [0.25, 0.3) is 0 Å². The molecule has 1 aliphatic rings. The van der Waals surface area contributed by atoms with Crippen LogP contribution in [0.4, 0.5) is 0 Å². The van der Waals surface area contributed by atoms with Gasteiger partial charge in [0, 0.05) is 17.6 Å². The van der Waals surface area contributed by atoms with Crippen LogP contribution < -0.4 is 16.2 Å². The number of benzene rings is 1. The summed E-state index contributed by atoms with van der Waals surface area (Å²) < 4.78 is 28.4. The summed E-state index contributed by atoms with van der Waals surface area (Å²) >= 11 is 0. The van der Waals surface area contributed by atoms with E-state index in [1.807, 2.05) is 6.92 Å². The van der Waals surface area contributed by atoms with Crippen molar-refractivity contribution < 1.29 is 13.2 Å². The summed E-state index contributed by atoms with van der Waals surface area (Å²) in [6.45, 7) is 3.99. The van der Waals surface area contributed by atoms with Crippen LogP contribution in [-0.4, -0.2) is 26.4 Å². The fraction of sp³-hybridized carbons (Fsp3) is 0.562. The Labute approximate surface area is 137 Å². The average Bonchev–Trinajstić information content (AvgIpc) is 2.49. The summed E-state index contributed by atoms with van der Waals surface area (Å²) in [6, 6.07) is 4.41. The first-order valence-corrected chi connectivity index (χ1v) is 9.35. The Kier molecular flexibility index (Phi) is 5.13. The predicted molar refractivity (Wildman–Crippen MR) is 89.4 cm³/mol. The van der Waals surface area contributed by atoms with E-state index in [9.17, 15) is 13.2 Å². The van der Waals surface area contributed by atoms with Crippen molar-refractivity contribution in [2.24, 2.45) is 17.4 Å². The molecule has 1 aromatic rings. The van der Waals surface area contributed by atoms with Crippen molar-refractivity contribution >= 4 is 15.9 Å². The number of primary amides is 1. The minimum absolute atomic E-state index is 0.0440. The SMILES string of the molecule is Cc1ccc(S(=O)(=O)NC2(CN)CCCCC2C)cc1C(N)=O. The summed E-state index contributed by atoms with van der Waals surface area (Å²) in [6.07, 6.45) is 3.70. The van der Waals surface area contributed by atoms with Crippen LogP contribution >= 0.6 is 0 Å². The minimum Gasteiger partial charge on any atom is -0.366 e. The Morgan fingerprint density at radius 2 is 2.09 bits per heavy atom. The first-order chi connectivity index (χ1) is 10.7. The normalized spacial score (nSPS) is 25.3. The van der Waals surface area contributed by atoms with E-state index < -0.39 is 21.5 Å². The lowest BCUT2D eigenvalue weighted by molar-refractivity contribution is 0.0999. The maximum absolute atomic E-state index is 12.8. The van der Waals surface area contributed by atoms with E-state index in [1.165, 1.54) is 12.1 Å². The molecule has 5 N–H and O–H groups in total. The van der Waals surface area contributed by atoms with Gasteiger partial charge in [-0.2, -0.15) is 0 Å². The predicted octanol–water partition coefficient (Wildman–Crippen LogP) is 1.28. The van der Waals surface area contributed by atoms with E-state index in [0.717, 1.165) is 25.7 Å². The fourth-order valence-corrected chi connectivity index (χ4v) is 4.83. The summed E-state index contributed by atoms with van der Waals surface area (Å²) in [4.78, 5) is 11.5. The standard InChI is InChI=1S/C16H25N3O3S/c1-11-6-7-13(9-14(11)15(18)20)23(21,22)19-16(10-17)8-4-3-5-12(16)2/h6-7,9,12,19H,3-5,8,10,17H2,1-2H3,(H2,18,20). The highest BCUT2D eigenvalue weighted by Gasteiger charge is 2.40. The van der Waals surface area contributed by atoms with Gasteiger partial charge >= 0.3 is 0 Å². The van der Waals surface area contributed by atoms with Crippen molar-refractivity contribution in [3.8, 4) is 0 Å². The zero-order valence-corrected chi connectivity index (χ0v) is 14.4. The molecule has 0 radical (unpaired) electrons. The second-order valence-electron chi connectivity index (χ2n) is 6.45. The second kappa shape index (κ2) is 6.59. The van der Waals surface area contributed by atoms with Crippen molar-refractivity contribution in [2.75, 3.05) is 6.54 Å². The molecule has 1 aliphatic carbocycles. The van der Waals surface area contributed by atoms with Gasteiger partial charge in [0.05, 0.1) is 4.90 Å². The third kappa shape index (κ3) is 3.57. The van der Waals surface area contributed by atoms with Crippen molar-refractivity contribution in [3.05, 3.63) is 29.3 Å². The maximum atomic E-state index is 12.8. The number of hydrogen-bond donors (Lipinski definition) is 3. The van der Waals surface area contributed by atoms with Crippen LogP contribution in [0.25, 0.3) is 0 Å². The van der Waals surface area contributed by atoms with Crippen LogP contribution in [0.15, 0.2) is 23.1 Å². The Hall–Kier alpha value is -1.44. The van der Waals surface area contributed by atoms with Crippen LogP contribution in [0.2, 0.25) is 0 Å². The molecule has 2 rings (SSSR count). The molecule has 7 heteroatoms. The Morgan fingerprint density at radius 3 is 2.65 bits per heavy atom. The third-order valence-electron chi connectivity index (χ3n) is 4.94. The lowest BCUT2D eigenvalue weighted by Gasteiger charge is -2.42. The summed E-state index contributed by atoms with van der Waals surface area (Å²) in [5, 5.41) is 0. The molecule has 0 heterocycles. The molecule has 2 unspecified atom stereocenters. The van der Waals surface area contributed by atoms with Crippen molar-refractivity contribution in [3.63, 3.8) is 0 Å². The maximum Gasteiger partial charge on any atom is 0.249 e. The van der Waals surface area contributed by atoms with Gasteiger partial charge < -0.3 is 11.5 Å². The van der Waals surface area contributed by atoms with Crippen molar-refractivity contribution in [1.29, 1.82) is 0 Å². The minimum atomic E-state index is -3.77. The van der Waals surface area contributed by atoms with E-state index >= 15 is 0 Å². The zero-order chi connectivity index (χ0) is 17.3. The molecular weight excluding hydrogens is 314 g/mol. The van der Waals surface area contributed by atoms with Gasteiger partial charge in [-0.15, -0.1) is 0 Å². The van der Waals surface area contributed by atoms with E-state index in [2.05, 4.69) is 4.72 Å². The first kappa shape index (κ1) is 17.9. The number of nitrogens with one attached hydrogen (secondary N) is 1. The number of aryl methyl sites for hydroxylation is 1. The Morgan fingerprint density at radius 1 is 1.39 bits per heavy atom. The number of sulfonamides is 1. The molecule has 6 nitrogen and oxygen atoms in total. The highest BCUT2D eigenvalue weighted by molar-refractivity contribution is 7.89. The topological polar surface area (TPSA) is 115 Å². The number of rotatable bonds is 5. The monoisotopic (exact) mass is 339 g/mol. The van der Waals surface area contributed by atoms with Crippen molar-refractivity contribution in [1.82, 2.24) is 4.72 Å². The van der Waals surface area contributed by atoms with Crippen molar-refractivity contribution in [2.45, 2.75) is 50.0 Å². The molecule has 0 bridgehead atoms. The second-order valence-corrected chi connectivity index (χ2v) is 8.14. The van der Waals surface area contributed by atoms with E-state index in [1.54, 1.807) is 13.0 Å². The number of carbonyl (C=O) groups excluding carboxylic acids is 1. The van der Waals surface area contributed by atoms with Crippen LogP contribution in [0, 0.1) is 12.8 Å². The van der Waals surface area contributed by atoms with Gasteiger partial charge in [-0.1, -0.05) is 25.8 Å². The lowest BCUT2D eigenvalue weighted by Crippen LogP contribution is -2.58. The molecule has 1 fully saturated rings. The first-order valence-electron chi connectivity index (χ1n) is 7.86. The van der Waals surface area contributed by atoms with E-state index in [-0.39, 0.29) is 22.9 Å².